The first-order valence-electron chi connectivity index (χ1n) is 20.9. The van der Waals surface area contributed by atoms with Crippen LogP contribution in [0.2, 0.25) is 0 Å². The third kappa shape index (κ3) is 7.81. The maximum Gasteiger partial charge on any atom is 0.315 e. The van der Waals surface area contributed by atoms with Crippen LogP contribution in [0.5, 0.6) is 0 Å². The van der Waals surface area contributed by atoms with Gasteiger partial charge in [-0.25, -0.2) is 31.3 Å². The minimum Gasteiger partial charge on any atom is -0.387 e. The van der Waals surface area contributed by atoms with Crippen molar-refractivity contribution in [2.75, 3.05) is 32.5 Å². The van der Waals surface area contributed by atoms with Crippen molar-refractivity contribution in [3.63, 3.8) is 0 Å². The average molecular weight is 883 g/mol. The first-order valence-corrected chi connectivity index (χ1v) is 23.8. The van der Waals surface area contributed by atoms with E-state index in [2.05, 4.69) is 51.4 Å². The zero-order chi connectivity index (χ0) is 45.1. The Morgan fingerprint density at radius 1 is 0.984 bits per heavy atom. The number of nitrogens with one attached hydrogen (secondary N) is 5. The predicted octanol–water partition coefficient (Wildman–Crippen LogP) is 3.85. The first kappa shape index (κ1) is 46.0. The largest absolute Gasteiger partial charge is 0.387 e. The van der Waals surface area contributed by atoms with E-state index in [1.807, 2.05) is 20.8 Å². The van der Waals surface area contributed by atoms with Crippen LogP contribution in [-0.4, -0.2) is 106 Å². The van der Waals surface area contributed by atoms with Gasteiger partial charge in [0.2, 0.25) is 11.8 Å². The second kappa shape index (κ2) is 16.0. The lowest BCUT2D eigenvalue weighted by Gasteiger charge is -2.35. The number of rotatable bonds is 15. The normalized spacial score (nSPS) is 25.9. The van der Waals surface area contributed by atoms with E-state index >= 15 is 0 Å². The van der Waals surface area contributed by atoms with E-state index in [-0.39, 0.29) is 45.9 Å². The smallest absolute Gasteiger partial charge is 0.315 e. The number of likely N-dealkylation sites (tertiary alicyclic amines) is 1. The van der Waals surface area contributed by atoms with Gasteiger partial charge in [0.25, 0.3) is 26.0 Å². The molecule has 0 bridgehead atoms. The molecule has 4 aliphatic rings. The van der Waals surface area contributed by atoms with Gasteiger partial charge in [-0.3, -0.25) is 14.4 Å². The second-order valence-corrected chi connectivity index (χ2v) is 22.9. The maximum atomic E-state index is 14.9. The summed E-state index contributed by atoms with van der Waals surface area (Å²) in [4.78, 5) is 62.9. The maximum absolute atomic E-state index is 14.9. The molecule has 5 amide bonds. The fourth-order valence-electron chi connectivity index (χ4n) is 10.2. The van der Waals surface area contributed by atoms with Gasteiger partial charge in [0.05, 0.1) is 5.69 Å². The summed E-state index contributed by atoms with van der Waals surface area (Å²) in [7, 11) is -5.36. The van der Waals surface area contributed by atoms with Crippen LogP contribution in [0, 0.1) is 33.5 Å². The van der Waals surface area contributed by atoms with E-state index < -0.39 is 90.1 Å². The van der Waals surface area contributed by atoms with Crippen molar-refractivity contribution in [3.05, 3.63) is 61.3 Å². The van der Waals surface area contributed by atoms with Gasteiger partial charge in [-0.2, -0.15) is 4.31 Å². The number of carbonyl (C=O) groups is 4. The summed E-state index contributed by atoms with van der Waals surface area (Å²) in [5.74, 6) is -2.97. The Morgan fingerprint density at radius 3 is 2.16 bits per heavy atom. The third-order valence-electron chi connectivity index (χ3n) is 14.4. The number of aromatic nitrogens is 1. The molecule has 2 spiro atoms. The highest BCUT2D eigenvalue weighted by molar-refractivity contribution is 7.90. The van der Waals surface area contributed by atoms with E-state index in [9.17, 15) is 36.0 Å². The third-order valence-corrected chi connectivity index (χ3v) is 17.6. The van der Waals surface area contributed by atoms with Crippen LogP contribution in [0.25, 0.3) is 0 Å². The minimum absolute atomic E-state index is 0.0691. The second-order valence-electron chi connectivity index (χ2n) is 19.2. The lowest BCUT2D eigenvalue weighted by molar-refractivity contribution is -0.141. The summed E-state index contributed by atoms with van der Waals surface area (Å²) >= 11 is 0. The molecule has 6 rings (SSSR count). The molecule has 1 aromatic carbocycles. The number of anilines is 1. The monoisotopic (exact) mass is 882 g/mol. The van der Waals surface area contributed by atoms with Gasteiger partial charge in [0.15, 0.2) is 5.03 Å². The average Bonchev–Trinajstić information content (AvgIpc) is 3.91. The number of hydrogen-bond acceptors (Lipinski definition) is 10. The number of hydrogen-bond donors (Lipinski definition) is 5. The highest BCUT2D eigenvalue weighted by Gasteiger charge is 2.85. The molecule has 1 aliphatic heterocycles. The summed E-state index contributed by atoms with van der Waals surface area (Å²) in [6.07, 6.45) is 6.30. The van der Waals surface area contributed by atoms with Gasteiger partial charge in [0, 0.05) is 50.8 Å². The standard InChI is InChI=1S/C43H62N8O8S2/c1-11-28-23-43(28,37(54)49-60(56,57)31-18-13-12-17-29(31)44-9)48-35(52)30-24-42(40(7,8)41(42)20-16-21-41)26-51(30)36(53)34(27(2)3)47-38(55)46-32(39(4,5)6)25-50(10)61(58,59)33-19-14-15-22-45-33/h11-15,17-19,22,27-28,30,32,34,44H,1,16,20-21,23-26H2,2-10H3,(H,48,52)(H,49,54)(H2,46,47,55)/t28-,30+,32-,34+,42-,43-/m1/s1. The quantitative estimate of drug-likeness (QED) is 0.163. The topological polar surface area (TPSA) is 216 Å². The number of para-hydroxylation sites is 1. The lowest BCUT2D eigenvalue weighted by atomic mass is 9.73. The molecule has 3 saturated carbocycles. The first-order chi connectivity index (χ1) is 28.4. The van der Waals surface area contributed by atoms with E-state index in [1.54, 1.807) is 56.1 Å². The Morgan fingerprint density at radius 2 is 1.64 bits per heavy atom. The molecule has 4 fully saturated rings. The number of nitrogens with zero attached hydrogens (tertiary/aromatic N) is 3. The Hall–Kier alpha value is -4.55. The molecule has 2 heterocycles. The zero-order valence-corrected chi connectivity index (χ0v) is 38.3. The lowest BCUT2D eigenvalue weighted by Crippen LogP contribution is -2.60. The molecule has 18 heteroatoms. The molecule has 0 unspecified atom stereocenters. The summed E-state index contributed by atoms with van der Waals surface area (Å²) in [5.41, 5.74) is -2.61. The fraction of sp³-hybridized carbons (Fsp3) is 0.605. The molecular weight excluding hydrogens is 821 g/mol. The van der Waals surface area contributed by atoms with Crippen LogP contribution >= 0.6 is 0 Å². The van der Waals surface area contributed by atoms with Crippen LogP contribution in [0.1, 0.15) is 80.6 Å². The van der Waals surface area contributed by atoms with Gasteiger partial charge in [-0.1, -0.05) is 79.2 Å². The molecule has 1 saturated heterocycles. The Bertz CT molecular complexity index is 2290. The Kier molecular flexibility index (Phi) is 12.0. The van der Waals surface area contributed by atoms with Crippen LogP contribution in [-0.2, 0) is 34.4 Å². The molecule has 3 aliphatic carbocycles. The summed E-state index contributed by atoms with van der Waals surface area (Å²) in [6, 6.07) is 7.23. The van der Waals surface area contributed by atoms with Gasteiger partial charge in [-0.05, 0) is 72.1 Å². The fourth-order valence-corrected chi connectivity index (χ4v) is 12.5. The Labute approximate surface area is 360 Å². The molecule has 1 aromatic heterocycles. The summed E-state index contributed by atoms with van der Waals surface area (Å²) in [5, 5.41) is 11.4. The highest BCUT2D eigenvalue weighted by Crippen LogP contribution is 2.88. The molecular formula is C43H62N8O8S2. The number of benzene rings is 1. The number of likely N-dealkylation sites (N-methyl/N-ethyl adjacent to an activating group) is 1. The number of urea groups is 1. The van der Waals surface area contributed by atoms with E-state index in [4.69, 9.17) is 0 Å². The Balaban J connectivity index is 1.24. The van der Waals surface area contributed by atoms with Crippen molar-refractivity contribution < 1.29 is 36.0 Å². The van der Waals surface area contributed by atoms with Crippen molar-refractivity contribution in [3.8, 4) is 0 Å². The number of fused-ring (bicyclic) bond motifs is 1. The van der Waals surface area contributed by atoms with Crippen molar-refractivity contribution in [2.24, 2.45) is 33.5 Å². The van der Waals surface area contributed by atoms with Gasteiger partial charge >= 0.3 is 6.03 Å². The molecule has 6 atom stereocenters. The van der Waals surface area contributed by atoms with Crippen LogP contribution in [0.3, 0.4) is 0 Å². The molecule has 16 nitrogen and oxygen atoms in total. The molecule has 61 heavy (non-hydrogen) atoms. The van der Waals surface area contributed by atoms with Gasteiger partial charge in [-0.15, -0.1) is 6.58 Å². The predicted molar refractivity (Wildman–Crippen MR) is 231 cm³/mol. The van der Waals surface area contributed by atoms with Gasteiger partial charge < -0.3 is 26.2 Å². The highest BCUT2D eigenvalue weighted by atomic mass is 32.2. The molecule has 2 aromatic rings. The molecule has 0 radical (unpaired) electrons. The van der Waals surface area contributed by atoms with E-state index in [1.165, 1.54) is 31.5 Å². The van der Waals surface area contributed by atoms with Crippen LogP contribution < -0.4 is 26.0 Å². The SMILES string of the molecule is C=C[C@@H]1C[C@]1(NC(=O)[C@@H]1C[C@@]2(CN1C(=O)[C@@H](NC(=O)N[C@H](CN(C)S(=O)(=O)c1ccccn1)C(C)(C)C)C(C)C)C(C)(C)C21CCC1)C(=O)NS(=O)(=O)c1ccccc1NC. The summed E-state index contributed by atoms with van der Waals surface area (Å²) in [6.45, 7) is 17.5. The summed E-state index contributed by atoms with van der Waals surface area (Å²) < 4.78 is 57.1. The molecule has 334 valence electrons. The number of carbonyl (C=O) groups excluding carboxylic acids is 4. The van der Waals surface area contributed by atoms with Gasteiger partial charge in [0.1, 0.15) is 22.5 Å². The van der Waals surface area contributed by atoms with Crippen molar-refractivity contribution >= 4 is 49.5 Å². The van der Waals surface area contributed by atoms with Crippen molar-refractivity contribution in [1.82, 2.24) is 34.9 Å². The number of amides is 5. The van der Waals surface area contributed by atoms with Crippen LogP contribution in [0.15, 0.2) is 71.2 Å². The van der Waals surface area contributed by atoms with Crippen molar-refractivity contribution in [2.45, 2.75) is 114 Å². The van der Waals surface area contributed by atoms with Crippen molar-refractivity contribution in [1.29, 1.82) is 0 Å². The number of pyridine rings is 1. The number of sulfonamides is 2. The van der Waals surface area contributed by atoms with Crippen LogP contribution in [0.4, 0.5) is 10.5 Å². The molecule has 5 N–H and O–H groups in total. The zero-order valence-electron chi connectivity index (χ0n) is 36.7. The van der Waals surface area contributed by atoms with E-state index in [0.29, 0.717) is 6.42 Å². The minimum atomic E-state index is -4.36. The van der Waals surface area contributed by atoms with E-state index in [0.717, 1.165) is 23.6 Å².